The monoisotopic (exact) mass is 278 g/mol. The average molecular weight is 278 g/mol. The molecule has 0 heterocycles. The van der Waals surface area contributed by atoms with Crippen molar-refractivity contribution < 1.29 is 9.53 Å². The summed E-state index contributed by atoms with van der Waals surface area (Å²) in [5.41, 5.74) is 1.36. The molecule has 0 fully saturated rings. The van der Waals surface area contributed by atoms with Gasteiger partial charge in [0.15, 0.2) is 0 Å². The number of nitrogens with zero attached hydrogens (tertiary/aromatic N) is 1. The second-order valence-electron chi connectivity index (χ2n) is 4.23. The highest BCUT2D eigenvalue weighted by molar-refractivity contribution is 6.10. The van der Waals surface area contributed by atoms with Gasteiger partial charge in [-0.1, -0.05) is 42.5 Å². The largest absolute Gasteiger partial charge is 0.495 e. The number of carbonyl (C=O) groups is 1. The molecule has 0 saturated heterocycles. The van der Waals surface area contributed by atoms with Crippen molar-refractivity contribution in [1.82, 2.24) is 0 Å². The first-order valence-electron chi connectivity index (χ1n) is 6.36. The maximum Gasteiger partial charge on any atom is 0.266 e. The van der Waals surface area contributed by atoms with E-state index in [-0.39, 0.29) is 5.57 Å². The average Bonchev–Trinajstić information content (AvgIpc) is 2.54. The SMILES string of the molecule is COc1ccccc1NC(=O)/C(C#N)=C/c1ccccc1. The summed E-state index contributed by atoms with van der Waals surface area (Å²) in [5.74, 6) is 0.0775. The van der Waals surface area contributed by atoms with Crippen LogP contribution in [0.4, 0.5) is 5.69 Å². The Hall–Kier alpha value is -3.06. The van der Waals surface area contributed by atoms with Crippen LogP contribution >= 0.6 is 0 Å². The van der Waals surface area contributed by atoms with Crippen molar-refractivity contribution in [1.29, 1.82) is 5.26 Å². The molecule has 104 valence electrons. The van der Waals surface area contributed by atoms with Crippen LogP contribution in [0.2, 0.25) is 0 Å². The van der Waals surface area contributed by atoms with Gasteiger partial charge in [0.1, 0.15) is 17.4 Å². The fourth-order valence-corrected chi connectivity index (χ4v) is 1.80. The standard InChI is InChI=1S/C17H14N2O2/c1-21-16-10-6-5-9-15(16)19-17(20)14(12-18)11-13-7-3-2-4-8-13/h2-11H,1H3,(H,19,20)/b14-11+. The molecule has 0 aliphatic heterocycles. The van der Waals surface area contributed by atoms with E-state index in [1.807, 2.05) is 36.4 Å². The summed E-state index contributed by atoms with van der Waals surface area (Å²) in [6.45, 7) is 0. The van der Waals surface area contributed by atoms with Crippen molar-refractivity contribution in [3.63, 3.8) is 0 Å². The maximum absolute atomic E-state index is 12.2. The molecule has 0 spiro atoms. The summed E-state index contributed by atoms with van der Waals surface area (Å²) in [5, 5.41) is 11.8. The van der Waals surface area contributed by atoms with Gasteiger partial charge in [0.2, 0.25) is 0 Å². The van der Waals surface area contributed by atoms with E-state index in [4.69, 9.17) is 10.00 Å². The number of rotatable bonds is 4. The fourth-order valence-electron chi connectivity index (χ4n) is 1.80. The summed E-state index contributed by atoms with van der Waals surface area (Å²) in [4.78, 5) is 12.2. The third-order valence-electron chi connectivity index (χ3n) is 2.83. The second kappa shape index (κ2) is 6.92. The quantitative estimate of drug-likeness (QED) is 0.689. The highest BCUT2D eigenvalue weighted by Crippen LogP contribution is 2.23. The van der Waals surface area contributed by atoms with Gasteiger partial charge in [0, 0.05) is 0 Å². The lowest BCUT2D eigenvalue weighted by molar-refractivity contribution is -0.112. The summed E-state index contributed by atoms with van der Waals surface area (Å²) >= 11 is 0. The zero-order valence-corrected chi connectivity index (χ0v) is 11.5. The van der Waals surface area contributed by atoms with E-state index < -0.39 is 5.91 Å². The third kappa shape index (κ3) is 3.71. The molecular formula is C17H14N2O2. The van der Waals surface area contributed by atoms with E-state index in [2.05, 4.69) is 5.32 Å². The number of carbonyl (C=O) groups excluding carboxylic acids is 1. The minimum atomic E-state index is -0.467. The van der Waals surface area contributed by atoms with Crippen LogP contribution < -0.4 is 10.1 Å². The van der Waals surface area contributed by atoms with Gasteiger partial charge in [-0.15, -0.1) is 0 Å². The second-order valence-corrected chi connectivity index (χ2v) is 4.23. The Morgan fingerprint density at radius 3 is 2.48 bits per heavy atom. The Balaban J connectivity index is 2.22. The van der Waals surface area contributed by atoms with E-state index >= 15 is 0 Å². The first-order valence-corrected chi connectivity index (χ1v) is 6.36. The molecule has 2 rings (SSSR count). The highest BCUT2D eigenvalue weighted by Gasteiger charge is 2.11. The molecular weight excluding hydrogens is 264 g/mol. The molecule has 0 aliphatic rings. The molecule has 1 amide bonds. The number of nitrogens with one attached hydrogen (secondary N) is 1. The lowest BCUT2D eigenvalue weighted by Crippen LogP contribution is -2.14. The van der Waals surface area contributed by atoms with Gasteiger partial charge in [-0.3, -0.25) is 4.79 Å². The van der Waals surface area contributed by atoms with Gasteiger partial charge in [-0.05, 0) is 23.8 Å². The molecule has 2 aromatic rings. The minimum absolute atomic E-state index is 0.0344. The van der Waals surface area contributed by atoms with Crippen LogP contribution in [0.25, 0.3) is 6.08 Å². The number of benzene rings is 2. The van der Waals surface area contributed by atoms with E-state index in [1.54, 1.807) is 30.3 Å². The number of para-hydroxylation sites is 2. The first-order chi connectivity index (χ1) is 10.2. The Morgan fingerprint density at radius 1 is 1.14 bits per heavy atom. The number of nitriles is 1. The normalized spacial score (nSPS) is 10.6. The summed E-state index contributed by atoms with van der Waals surface area (Å²) < 4.78 is 5.16. The van der Waals surface area contributed by atoms with Crippen molar-refractivity contribution in [2.45, 2.75) is 0 Å². The molecule has 0 aliphatic carbocycles. The zero-order chi connectivity index (χ0) is 15.1. The van der Waals surface area contributed by atoms with Gasteiger partial charge < -0.3 is 10.1 Å². The number of ether oxygens (including phenoxy) is 1. The van der Waals surface area contributed by atoms with E-state index in [0.717, 1.165) is 5.56 Å². The maximum atomic E-state index is 12.2. The third-order valence-corrected chi connectivity index (χ3v) is 2.83. The fraction of sp³-hybridized carbons (Fsp3) is 0.0588. The van der Waals surface area contributed by atoms with E-state index in [1.165, 1.54) is 7.11 Å². The van der Waals surface area contributed by atoms with Gasteiger partial charge >= 0.3 is 0 Å². The molecule has 0 bridgehead atoms. The predicted octanol–water partition coefficient (Wildman–Crippen LogP) is 3.24. The molecule has 0 radical (unpaired) electrons. The Kier molecular flexibility index (Phi) is 4.73. The van der Waals surface area contributed by atoms with Crippen molar-refractivity contribution in [2.24, 2.45) is 0 Å². The van der Waals surface area contributed by atoms with Crippen LogP contribution in [0.1, 0.15) is 5.56 Å². The summed E-state index contributed by atoms with van der Waals surface area (Å²) in [6.07, 6.45) is 1.55. The van der Waals surface area contributed by atoms with E-state index in [0.29, 0.717) is 11.4 Å². The Bertz CT molecular complexity index is 700. The first kappa shape index (κ1) is 14.4. The summed E-state index contributed by atoms with van der Waals surface area (Å²) in [6, 6.07) is 18.2. The van der Waals surface area contributed by atoms with Crippen LogP contribution in [-0.4, -0.2) is 13.0 Å². The lowest BCUT2D eigenvalue weighted by atomic mass is 10.1. The summed E-state index contributed by atoms with van der Waals surface area (Å²) in [7, 11) is 1.52. The van der Waals surface area contributed by atoms with Gasteiger partial charge in [-0.25, -0.2) is 0 Å². The molecule has 0 atom stereocenters. The number of hydrogen-bond donors (Lipinski definition) is 1. The van der Waals surface area contributed by atoms with Crippen LogP contribution in [0.5, 0.6) is 5.75 Å². The topological polar surface area (TPSA) is 62.1 Å². The number of anilines is 1. The van der Waals surface area contributed by atoms with Crippen LogP contribution in [0, 0.1) is 11.3 Å². The van der Waals surface area contributed by atoms with Crippen LogP contribution in [-0.2, 0) is 4.79 Å². The molecule has 4 heteroatoms. The van der Waals surface area contributed by atoms with Gasteiger partial charge in [0.05, 0.1) is 12.8 Å². The van der Waals surface area contributed by atoms with E-state index in [9.17, 15) is 4.79 Å². The van der Waals surface area contributed by atoms with Crippen molar-refractivity contribution >= 4 is 17.7 Å². The zero-order valence-electron chi connectivity index (χ0n) is 11.5. The smallest absolute Gasteiger partial charge is 0.266 e. The van der Waals surface area contributed by atoms with Crippen LogP contribution in [0.3, 0.4) is 0 Å². The molecule has 21 heavy (non-hydrogen) atoms. The van der Waals surface area contributed by atoms with Gasteiger partial charge in [0.25, 0.3) is 5.91 Å². The molecule has 1 N–H and O–H groups in total. The molecule has 0 unspecified atom stereocenters. The lowest BCUT2D eigenvalue weighted by Gasteiger charge is -2.09. The van der Waals surface area contributed by atoms with Gasteiger partial charge in [-0.2, -0.15) is 5.26 Å². The molecule has 4 nitrogen and oxygen atoms in total. The minimum Gasteiger partial charge on any atom is -0.495 e. The number of methoxy groups -OCH3 is 1. The predicted molar refractivity (Wildman–Crippen MR) is 81.7 cm³/mol. The Morgan fingerprint density at radius 2 is 1.81 bits per heavy atom. The van der Waals surface area contributed by atoms with Crippen molar-refractivity contribution in [3.05, 3.63) is 65.7 Å². The highest BCUT2D eigenvalue weighted by atomic mass is 16.5. The van der Waals surface area contributed by atoms with Crippen molar-refractivity contribution in [3.8, 4) is 11.8 Å². The Labute approximate surface area is 123 Å². The number of hydrogen-bond acceptors (Lipinski definition) is 3. The molecule has 0 saturated carbocycles. The van der Waals surface area contributed by atoms with Crippen molar-refractivity contribution in [2.75, 3.05) is 12.4 Å². The van der Waals surface area contributed by atoms with Crippen LogP contribution in [0.15, 0.2) is 60.2 Å². The molecule has 2 aromatic carbocycles. The molecule has 0 aromatic heterocycles. The number of amides is 1.